The molecular formula is C16H25NO2. The number of amides is 1. The molecule has 3 nitrogen and oxygen atoms in total. The molecule has 0 aliphatic heterocycles. The molecule has 0 atom stereocenters. The molecule has 0 spiro atoms. The maximum absolute atomic E-state index is 11.7. The maximum atomic E-state index is 11.7. The summed E-state index contributed by atoms with van der Waals surface area (Å²) < 4.78 is 5.64. The zero-order valence-corrected chi connectivity index (χ0v) is 12.1. The third-order valence-electron chi connectivity index (χ3n) is 2.92. The zero-order chi connectivity index (χ0) is 13.9. The van der Waals surface area contributed by atoms with Gasteiger partial charge in [-0.1, -0.05) is 33.1 Å². The van der Waals surface area contributed by atoms with Crippen LogP contribution in [0.1, 0.15) is 56.3 Å². The van der Waals surface area contributed by atoms with Crippen LogP contribution < -0.4 is 10.1 Å². The Morgan fingerprint density at radius 1 is 1.05 bits per heavy atom. The molecule has 0 aromatic heterocycles. The molecule has 0 saturated carbocycles. The molecule has 1 rings (SSSR count). The molecule has 106 valence electrons. The van der Waals surface area contributed by atoms with Crippen LogP contribution in [-0.4, -0.2) is 19.1 Å². The van der Waals surface area contributed by atoms with E-state index in [0.29, 0.717) is 12.1 Å². The predicted octanol–water partition coefficient (Wildman–Crippen LogP) is 3.79. The van der Waals surface area contributed by atoms with Crippen molar-refractivity contribution in [2.45, 2.75) is 46.0 Å². The van der Waals surface area contributed by atoms with Gasteiger partial charge in [-0.3, -0.25) is 4.79 Å². The van der Waals surface area contributed by atoms with Crippen LogP contribution in [0, 0.1) is 0 Å². The Hall–Kier alpha value is -1.51. The first-order valence-corrected chi connectivity index (χ1v) is 7.29. The van der Waals surface area contributed by atoms with Crippen LogP contribution in [0.15, 0.2) is 24.3 Å². The van der Waals surface area contributed by atoms with Crippen LogP contribution in [-0.2, 0) is 0 Å². The Labute approximate surface area is 116 Å². The van der Waals surface area contributed by atoms with Crippen molar-refractivity contribution in [2.24, 2.45) is 0 Å². The van der Waals surface area contributed by atoms with Gasteiger partial charge in [0.2, 0.25) is 0 Å². The van der Waals surface area contributed by atoms with Gasteiger partial charge in [-0.15, -0.1) is 0 Å². The van der Waals surface area contributed by atoms with E-state index < -0.39 is 0 Å². The molecule has 1 amide bonds. The quantitative estimate of drug-likeness (QED) is 0.688. The highest BCUT2D eigenvalue weighted by molar-refractivity contribution is 5.94. The van der Waals surface area contributed by atoms with Crippen molar-refractivity contribution >= 4 is 5.91 Å². The molecule has 0 radical (unpaired) electrons. The van der Waals surface area contributed by atoms with Crippen LogP contribution >= 0.6 is 0 Å². The Balaban J connectivity index is 2.32. The van der Waals surface area contributed by atoms with E-state index >= 15 is 0 Å². The van der Waals surface area contributed by atoms with E-state index in [2.05, 4.69) is 12.2 Å². The van der Waals surface area contributed by atoms with Crippen LogP contribution in [0.4, 0.5) is 0 Å². The fourth-order valence-electron chi connectivity index (χ4n) is 1.76. The lowest BCUT2D eigenvalue weighted by atomic mass is 10.2. The third kappa shape index (κ3) is 6.27. The molecule has 0 aliphatic carbocycles. The lowest BCUT2D eigenvalue weighted by Crippen LogP contribution is -2.23. The first kappa shape index (κ1) is 15.5. The normalized spacial score (nSPS) is 10.2. The molecular weight excluding hydrogens is 238 g/mol. The zero-order valence-electron chi connectivity index (χ0n) is 12.1. The minimum absolute atomic E-state index is 0.0173. The lowest BCUT2D eigenvalue weighted by Gasteiger charge is -2.07. The van der Waals surface area contributed by atoms with Crippen molar-refractivity contribution < 1.29 is 9.53 Å². The fourth-order valence-corrected chi connectivity index (χ4v) is 1.76. The largest absolute Gasteiger partial charge is 0.494 e. The molecule has 0 fully saturated rings. The predicted molar refractivity (Wildman–Crippen MR) is 78.7 cm³/mol. The second kappa shape index (κ2) is 9.42. The van der Waals surface area contributed by atoms with E-state index in [0.717, 1.165) is 25.2 Å². The van der Waals surface area contributed by atoms with Crippen molar-refractivity contribution in [1.82, 2.24) is 5.32 Å². The SMILES string of the molecule is CCCCCCOc1ccc(C(=O)NCCC)cc1. The highest BCUT2D eigenvalue weighted by Gasteiger charge is 2.04. The first-order valence-electron chi connectivity index (χ1n) is 7.29. The van der Waals surface area contributed by atoms with Crippen molar-refractivity contribution in [3.05, 3.63) is 29.8 Å². The van der Waals surface area contributed by atoms with E-state index in [9.17, 15) is 4.79 Å². The Morgan fingerprint density at radius 3 is 2.42 bits per heavy atom. The van der Waals surface area contributed by atoms with Gasteiger partial charge in [0.15, 0.2) is 0 Å². The summed E-state index contributed by atoms with van der Waals surface area (Å²) in [5.41, 5.74) is 0.687. The van der Waals surface area contributed by atoms with Crippen molar-refractivity contribution in [2.75, 3.05) is 13.2 Å². The number of rotatable bonds is 9. The van der Waals surface area contributed by atoms with Crippen LogP contribution in [0.5, 0.6) is 5.75 Å². The summed E-state index contributed by atoms with van der Waals surface area (Å²) in [5, 5.41) is 2.85. The summed E-state index contributed by atoms with van der Waals surface area (Å²) in [6.07, 6.45) is 5.76. The summed E-state index contributed by atoms with van der Waals surface area (Å²) in [6, 6.07) is 7.35. The number of hydrogen-bond acceptors (Lipinski definition) is 2. The van der Waals surface area contributed by atoms with Gasteiger partial charge >= 0.3 is 0 Å². The summed E-state index contributed by atoms with van der Waals surface area (Å²) in [7, 11) is 0. The van der Waals surface area contributed by atoms with Crippen molar-refractivity contribution in [3.8, 4) is 5.75 Å². The number of hydrogen-bond donors (Lipinski definition) is 1. The number of carbonyl (C=O) groups excluding carboxylic acids is 1. The van der Waals surface area contributed by atoms with Gasteiger partial charge in [-0.2, -0.15) is 0 Å². The molecule has 0 unspecified atom stereocenters. The van der Waals surface area contributed by atoms with Gasteiger partial charge in [-0.05, 0) is 37.1 Å². The lowest BCUT2D eigenvalue weighted by molar-refractivity contribution is 0.0953. The highest BCUT2D eigenvalue weighted by Crippen LogP contribution is 2.13. The molecule has 0 aliphatic rings. The van der Waals surface area contributed by atoms with Crippen LogP contribution in [0.25, 0.3) is 0 Å². The molecule has 1 aromatic carbocycles. The van der Waals surface area contributed by atoms with Gasteiger partial charge in [0.1, 0.15) is 5.75 Å². The molecule has 1 N–H and O–H groups in total. The minimum Gasteiger partial charge on any atom is -0.494 e. The van der Waals surface area contributed by atoms with Gasteiger partial charge in [0.25, 0.3) is 5.91 Å². The minimum atomic E-state index is -0.0173. The summed E-state index contributed by atoms with van der Waals surface area (Å²) in [6.45, 7) is 5.70. The van der Waals surface area contributed by atoms with Gasteiger partial charge in [-0.25, -0.2) is 0 Å². The number of unbranched alkanes of at least 4 members (excludes halogenated alkanes) is 3. The summed E-state index contributed by atoms with van der Waals surface area (Å²) in [4.78, 5) is 11.7. The van der Waals surface area contributed by atoms with E-state index in [1.54, 1.807) is 0 Å². The highest BCUT2D eigenvalue weighted by atomic mass is 16.5. The second-order valence-corrected chi connectivity index (χ2v) is 4.69. The van der Waals surface area contributed by atoms with Gasteiger partial charge in [0.05, 0.1) is 6.61 Å². The molecule has 1 aromatic rings. The maximum Gasteiger partial charge on any atom is 0.251 e. The topological polar surface area (TPSA) is 38.3 Å². The fraction of sp³-hybridized carbons (Fsp3) is 0.562. The Kier molecular flexibility index (Phi) is 7.71. The molecule has 0 heterocycles. The molecule has 3 heteroatoms. The van der Waals surface area contributed by atoms with Gasteiger partial charge < -0.3 is 10.1 Å². The van der Waals surface area contributed by atoms with Crippen molar-refractivity contribution in [3.63, 3.8) is 0 Å². The molecule has 0 bridgehead atoms. The Bertz CT molecular complexity index is 360. The van der Waals surface area contributed by atoms with E-state index in [1.807, 2.05) is 31.2 Å². The second-order valence-electron chi connectivity index (χ2n) is 4.69. The molecule has 19 heavy (non-hydrogen) atoms. The average Bonchev–Trinajstić information content (AvgIpc) is 2.45. The summed E-state index contributed by atoms with van der Waals surface area (Å²) in [5.74, 6) is 0.819. The number of benzene rings is 1. The standard InChI is InChI=1S/C16H25NO2/c1-3-5-6-7-13-19-15-10-8-14(9-11-15)16(18)17-12-4-2/h8-11H,3-7,12-13H2,1-2H3,(H,17,18). The van der Waals surface area contributed by atoms with E-state index in [1.165, 1.54) is 19.3 Å². The smallest absolute Gasteiger partial charge is 0.251 e. The Morgan fingerprint density at radius 2 is 1.79 bits per heavy atom. The van der Waals surface area contributed by atoms with Gasteiger partial charge in [0, 0.05) is 12.1 Å². The van der Waals surface area contributed by atoms with E-state index in [4.69, 9.17) is 4.74 Å². The number of nitrogens with one attached hydrogen (secondary N) is 1. The summed E-state index contributed by atoms with van der Waals surface area (Å²) >= 11 is 0. The van der Waals surface area contributed by atoms with Crippen LogP contribution in [0.3, 0.4) is 0 Å². The number of ether oxygens (including phenoxy) is 1. The average molecular weight is 263 g/mol. The third-order valence-corrected chi connectivity index (χ3v) is 2.92. The van der Waals surface area contributed by atoms with E-state index in [-0.39, 0.29) is 5.91 Å². The first-order chi connectivity index (χ1) is 9.27. The number of carbonyl (C=O) groups is 1. The van der Waals surface area contributed by atoms with Crippen molar-refractivity contribution in [1.29, 1.82) is 0 Å². The molecule has 0 saturated heterocycles. The van der Waals surface area contributed by atoms with Crippen LogP contribution in [0.2, 0.25) is 0 Å². The monoisotopic (exact) mass is 263 g/mol.